The Bertz CT molecular complexity index is 242. The molecule has 0 aromatic rings. The summed E-state index contributed by atoms with van der Waals surface area (Å²) in [5, 5.41) is 0. The number of hydrogen-bond acceptors (Lipinski definition) is 7. The topological polar surface area (TPSA) is 124 Å². The molecule has 56 valence electrons. The monoisotopic (exact) mass is 267 g/mol. The molecule has 0 atom stereocenters. The van der Waals surface area contributed by atoms with E-state index in [2.05, 4.69) is 2.84 Å². The van der Waals surface area contributed by atoms with Crippen LogP contribution in [0.1, 0.15) is 0 Å². The van der Waals surface area contributed by atoms with Gasteiger partial charge in [0.15, 0.2) is 0 Å². The second-order valence-corrected chi connectivity index (χ2v) is 4.52. The normalized spacial score (nSPS) is 11.1. The van der Waals surface area contributed by atoms with E-state index in [0.717, 1.165) is 0 Å². The molecule has 0 saturated heterocycles. The van der Waals surface area contributed by atoms with Crippen LogP contribution in [0.2, 0.25) is 0 Å². The van der Waals surface area contributed by atoms with Gasteiger partial charge in [0.1, 0.15) is 0 Å². The summed E-state index contributed by atoms with van der Waals surface area (Å²) >= 11 is -12.1. The summed E-state index contributed by atoms with van der Waals surface area (Å²) in [5.74, 6) is 0. The van der Waals surface area contributed by atoms with Gasteiger partial charge in [-0.15, -0.1) is 0 Å². The fourth-order valence-electron chi connectivity index (χ4n) is 0.102. The summed E-state index contributed by atoms with van der Waals surface area (Å²) in [7, 11) is 0. The number of hydrogen-bond donors (Lipinski definition) is 0. The summed E-state index contributed by atoms with van der Waals surface area (Å²) in [4.78, 5) is 0. The predicted octanol–water partition coefficient (Wildman–Crippen LogP) is -5.84. The molecule has 0 aliphatic rings. The summed E-state index contributed by atoms with van der Waals surface area (Å²) in [5.41, 5.74) is 0. The molecule has 0 N–H and O–H groups in total. The van der Waals surface area contributed by atoms with Crippen LogP contribution in [0.5, 0.6) is 0 Å². The predicted molar refractivity (Wildman–Crippen MR) is 7.07 cm³/mol. The van der Waals surface area contributed by atoms with Crippen molar-refractivity contribution in [1.29, 1.82) is 0 Å². The first kappa shape index (κ1) is 18.5. The Morgan fingerprint density at radius 1 is 0.909 bits per heavy atom. The fraction of sp³-hybridized carbons (Fsp3) is 0. The Morgan fingerprint density at radius 3 is 1.09 bits per heavy atom. The van der Waals surface area contributed by atoms with Gasteiger partial charge in [-0.25, -0.2) is 0 Å². The second-order valence-electron chi connectivity index (χ2n) is 0.885. The first-order chi connectivity index (χ1) is 3.71. The van der Waals surface area contributed by atoms with Gasteiger partial charge in [0.2, 0.25) is 0 Å². The van der Waals surface area contributed by atoms with Crippen LogP contribution in [-0.2, 0) is 45.3 Å². The molecule has 7 nitrogen and oxygen atoms in total. The molecule has 0 saturated carbocycles. The Labute approximate surface area is 110 Å². The van der Waals surface area contributed by atoms with Crippen molar-refractivity contribution in [3.8, 4) is 0 Å². The van der Waals surface area contributed by atoms with E-state index in [1.807, 2.05) is 0 Å². The zero-order valence-corrected chi connectivity index (χ0v) is 10.8. The zero-order chi connectivity index (χ0) is 7.71. The standard InChI is InChI=1S/C.2Cr.K.7O/q+4;;;+1;;;;;;2*-1. The average Bonchev–Trinajstić information content (AvgIpc) is 1.14. The molecule has 0 bridgehead atoms. The molecule has 0 amide bonds. The van der Waals surface area contributed by atoms with Gasteiger partial charge in [-0.05, 0) is 0 Å². The maximum atomic E-state index is 9.38. The van der Waals surface area contributed by atoms with E-state index in [9.17, 15) is 23.5 Å². The van der Waals surface area contributed by atoms with Crippen LogP contribution in [0.3, 0.4) is 0 Å². The Morgan fingerprint density at radius 2 is 1.09 bits per heavy atom. The third kappa shape index (κ3) is 18.6. The molecule has 0 fully saturated rings. The van der Waals surface area contributed by atoms with Crippen LogP contribution in [0.4, 0.5) is 0 Å². The van der Waals surface area contributed by atoms with Crippen LogP contribution in [0.25, 0.3) is 0 Å². The molecule has 0 heterocycles. The van der Waals surface area contributed by atoms with E-state index in [-0.39, 0.29) is 58.8 Å². The van der Waals surface area contributed by atoms with Crippen molar-refractivity contribution < 1.29 is 105 Å². The molecule has 0 radical (unpaired) electrons. The van der Waals surface area contributed by atoms with Crippen LogP contribution in [0.15, 0.2) is 0 Å². The van der Waals surface area contributed by atoms with Crippen molar-refractivity contribution >= 4 is 0 Å². The average molecular weight is 267 g/mol. The van der Waals surface area contributed by atoms with Gasteiger partial charge < -0.3 is 0 Å². The van der Waals surface area contributed by atoms with E-state index in [0.29, 0.717) is 0 Å². The summed E-state index contributed by atoms with van der Waals surface area (Å²) in [6.07, 6.45) is 0. The molecule has 11 heavy (non-hydrogen) atoms. The minimum absolute atomic E-state index is 0. The Balaban J connectivity index is -0.000000320. The quantitative estimate of drug-likeness (QED) is 0.456. The number of rotatable bonds is 2. The van der Waals surface area contributed by atoms with E-state index >= 15 is 0 Å². The first-order valence-corrected chi connectivity index (χ1v) is 5.50. The fourth-order valence-corrected chi connectivity index (χ4v) is 1.74. The van der Waals surface area contributed by atoms with Crippen LogP contribution in [-0.4, -0.2) is 0 Å². The van der Waals surface area contributed by atoms with Crippen molar-refractivity contribution in [2.45, 2.75) is 0 Å². The molecule has 0 rings (SSSR count). The molecule has 0 aliphatic heterocycles. The van der Waals surface area contributed by atoms with E-state index in [1.165, 1.54) is 0 Å². The van der Waals surface area contributed by atoms with Gasteiger partial charge in [0.05, 0.1) is 0 Å². The van der Waals surface area contributed by atoms with Gasteiger partial charge in [0.25, 0.3) is 0 Å². The SMILES string of the molecule is [C+4].[K+].[O]=[Cr](=[O])([O-])[O][Cr](=[O])(=[O])[O-]. The summed E-state index contributed by atoms with van der Waals surface area (Å²) in [6, 6.07) is 0. The van der Waals surface area contributed by atoms with Crippen LogP contribution >= 0.6 is 0 Å². The van der Waals surface area contributed by atoms with Crippen molar-refractivity contribution in [1.82, 2.24) is 0 Å². The van der Waals surface area contributed by atoms with E-state index in [4.69, 9.17) is 0 Å². The molecular formula is CCr2KO7+3. The molecule has 0 aromatic carbocycles. The third-order valence-electron chi connectivity index (χ3n) is 0.167. The van der Waals surface area contributed by atoms with E-state index in [1.54, 1.807) is 0 Å². The molecule has 10 heteroatoms. The second kappa shape index (κ2) is 6.27. The van der Waals surface area contributed by atoms with Gasteiger partial charge in [-0.3, -0.25) is 0 Å². The molecule has 0 aromatic heterocycles. The minimum atomic E-state index is -6.07. The van der Waals surface area contributed by atoms with Gasteiger partial charge in [-0.1, -0.05) is 0 Å². The third-order valence-corrected chi connectivity index (χ3v) is 2.83. The van der Waals surface area contributed by atoms with E-state index < -0.39 is 27.2 Å². The van der Waals surface area contributed by atoms with Crippen LogP contribution in [0, 0.1) is 7.43 Å². The summed E-state index contributed by atoms with van der Waals surface area (Å²) in [6.45, 7) is 0. The van der Waals surface area contributed by atoms with Crippen molar-refractivity contribution in [2.75, 3.05) is 0 Å². The Hall–Kier alpha value is 1.78. The van der Waals surface area contributed by atoms with Gasteiger partial charge in [-0.2, -0.15) is 0 Å². The maximum absolute atomic E-state index is 9.38. The van der Waals surface area contributed by atoms with Crippen molar-refractivity contribution in [3.63, 3.8) is 0 Å². The van der Waals surface area contributed by atoms with Crippen LogP contribution < -0.4 is 59.7 Å². The van der Waals surface area contributed by atoms with Crippen molar-refractivity contribution in [3.05, 3.63) is 7.43 Å². The summed E-state index contributed by atoms with van der Waals surface area (Å²) < 4.78 is 58.9. The zero-order valence-electron chi connectivity index (χ0n) is 5.17. The molecular weight excluding hydrogens is 267 g/mol. The first-order valence-electron chi connectivity index (χ1n) is 1.33. The van der Waals surface area contributed by atoms with Crippen molar-refractivity contribution in [2.24, 2.45) is 0 Å². The molecule has 0 unspecified atom stereocenters. The molecule has 0 spiro atoms. The van der Waals surface area contributed by atoms with Gasteiger partial charge in [0, 0.05) is 0 Å². The van der Waals surface area contributed by atoms with Gasteiger partial charge >= 0.3 is 112 Å². The molecule has 0 aliphatic carbocycles. The Kier molecular flexibility index (Phi) is 10.6.